The van der Waals surface area contributed by atoms with Gasteiger partial charge in [-0.3, -0.25) is 14.4 Å². The molecule has 0 aliphatic carbocycles. The lowest BCUT2D eigenvalue weighted by atomic mass is 9.73. The standard InChI is InChI=1S/C31H40N2O7/c1-3-30-16-7-4-5-10-21-39-29(37)25(30)24-27(35)33(18-8-6-9-20-34)26-28(36)32(19-11-17-31(24,26)40-30)22-12-14-23(38-2)15-13-22/h7,11-17,24-26,34H,3-6,8-10,18-21H2,1-2H3/b16-7-/t24-,25-,26?,30+,31-/m0/s1. The molecule has 0 saturated carbocycles. The second-order valence-corrected chi connectivity index (χ2v) is 11.1. The Balaban J connectivity index is 1.60. The molecule has 5 rings (SSSR count). The number of allylic oxidation sites excluding steroid dienone is 1. The number of amides is 2. The van der Waals surface area contributed by atoms with Gasteiger partial charge in [0.2, 0.25) is 5.91 Å². The molecule has 5 atom stereocenters. The monoisotopic (exact) mass is 552 g/mol. The maximum Gasteiger partial charge on any atom is 0.313 e. The first kappa shape index (κ1) is 28.4. The summed E-state index contributed by atoms with van der Waals surface area (Å²) in [7, 11) is 1.59. The Morgan fingerprint density at radius 1 is 1.00 bits per heavy atom. The van der Waals surface area contributed by atoms with Crippen molar-refractivity contribution in [2.45, 2.75) is 69.1 Å². The number of anilines is 1. The van der Waals surface area contributed by atoms with Crippen LogP contribution in [0.4, 0.5) is 5.69 Å². The van der Waals surface area contributed by atoms with Gasteiger partial charge in [0.15, 0.2) is 0 Å². The smallest absolute Gasteiger partial charge is 0.313 e. The van der Waals surface area contributed by atoms with Crippen LogP contribution in [0, 0.1) is 11.8 Å². The molecule has 1 unspecified atom stereocenters. The van der Waals surface area contributed by atoms with E-state index in [2.05, 4.69) is 0 Å². The van der Waals surface area contributed by atoms with Crippen LogP contribution in [0.15, 0.2) is 48.6 Å². The summed E-state index contributed by atoms with van der Waals surface area (Å²) in [5.74, 6) is -2.03. The number of hydrogen-bond donors (Lipinski definition) is 1. The molecule has 9 nitrogen and oxygen atoms in total. The van der Waals surface area contributed by atoms with Gasteiger partial charge in [-0.1, -0.05) is 31.2 Å². The molecular weight excluding hydrogens is 512 g/mol. The Hall–Kier alpha value is -3.17. The number of aliphatic hydroxyl groups is 1. The molecule has 1 N–H and O–H groups in total. The fourth-order valence-corrected chi connectivity index (χ4v) is 6.84. The van der Waals surface area contributed by atoms with Gasteiger partial charge in [0, 0.05) is 25.4 Å². The summed E-state index contributed by atoms with van der Waals surface area (Å²) in [5.41, 5.74) is -1.69. The zero-order valence-corrected chi connectivity index (χ0v) is 23.4. The van der Waals surface area contributed by atoms with Crippen molar-refractivity contribution in [3.8, 4) is 5.75 Å². The highest BCUT2D eigenvalue weighted by Gasteiger charge is 2.75. The maximum atomic E-state index is 14.5. The first-order valence-electron chi connectivity index (χ1n) is 14.5. The third-order valence-corrected chi connectivity index (χ3v) is 8.82. The molecule has 2 amide bonds. The third-order valence-electron chi connectivity index (χ3n) is 8.82. The number of hydrogen-bond acceptors (Lipinski definition) is 7. The average molecular weight is 553 g/mol. The highest BCUT2D eigenvalue weighted by Crippen LogP contribution is 2.58. The molecule has 4 aliphatic rings. The molecule has 2 fully saturated rings. The van der Waals surface area contributed by atoms with Crippen LogP contribution in [-0.4, -0.2) is 78.4 Å². The number of ether oxygens (including phenoxy) is 3. The van der Waals surface area contributed by atoms with Crippen molar-refractivity contribution < 1.29 is 33.7 Å². The number of unbranched alkanes of at least 4 members (excludes halogenated alkanes) is 2. The molecule has 1 aromatic carbocycles. The predicted molar refractivity (Wildman–Crippen MR) is 149 cm³/mol. The fraction of sp³-hybridized carbons (Fsp3) is 0.581. The number of benzene rings is 1. The van der Waals surface area contributed by atoms with Crippen molar-refractivity contribution in [1.29, 1.82) is 0 Å². The molecular formula is C31H40N2O7. The minimum atomic E-state index is -1.32. The van der Waals surface area contributed by atoms with E-state index < -0.39 is 35.0 Å². The fourth-order valence-electron chi connectivity index (χ4n) is 6.84. The number of methoxy groups -OCH3 is 1. The number of nitrogens with zero attached hydrogens (tertiary/aromatic N) is 2. The van der Waals surface area contributed by atoms with Gasteiger partial charge in [-0.05, 0) is 69.2 Å². The largest absolute Gasteiger partial charge is 0.497 e. The van der Waals surface area contributed by atoms with Crippen LogP contribution in [0.2, 0.25) is 0 Å². The van der Waals surface area contributed by atoms with Crippen LogP contribution in [0.25, 0.3) is 0 Å². The lowest BCUT2D eigenvalue weighted by Gasteiger charge is -2.38. The Kier molecular flexibility index (Phi) is 8.33. The number of likely N-dealkylation sites (tertiary alicyclic amines) is 1. The van der Waals surface area contributed by atoms with Crippen molar-refractivity contribution in [2.75, 3.05) is 38.3 Å². The summed E-state index contributed by atoms with van der Waals surface area (Å²) in [6.07, 6.45) is 12.6. The normalized spacial score (nSPS) is 32.7. The van der Waals surface area contributed by atoms with E-state index >= 15 is 0 Å². The lowest BCUT2D eigenvalue weighted by Crippen LogP contribution is -2.56. The van der Waals surface area contributed by atoms with Gasteiger partial charge in [-0.2, -0.15) is 0 Å². The molecule has 4 aliphatic heterocycles. The summed E-state index contributed by atoms with van der Waals surface area (Å²) < 4.78 is 18.0. The molecule has 4 heterocycles. The minimum Gasteiger partial charge on any atom is -0.497 e. The Morgan fingerprint density at radius 2 is 1.80 bits per heavy atom. The molecule has 0 aromatic heterocycles. The van der Waals surface area contributed by atoms with Crippen LogP contribution in [0.3, 0.4) is 0 Å². The van der Waals surface area contributed by atoms with Gasteiger partial charge in [-0.15, -0.1) is 0 Å². The van der Waals surface area contributed by atoms with Crippen LogP contribution in [0.1, 0.15) is 51.9 Å². The molecule has 1 aromatic rings. The molecule has 40 heavy (non-hydrogen) atoms. The van der Waals surface area contributed by atoms with E-state index in [0.717, 1.165) is 19.3 Å². The van der Waals surface area contributed by atoms with E-state index in [4.69, 9.17) is 14.2 Å². The van der Waals surface area contributed by atoms with Crippen LogP contribution in [-0.2, 0) is 23.9 Å². The topological polar surface area (TPSA) is 106 Å². The van der Waals surface area contributed by atoms with Crippen molar-refractivity contribution in [2.24, 2.45) is 11.8 Å². The molecule has 0 radical (unpaired) electrons. The highest BCUT2D eigenvalue weighted by atomic mass is 16.6. The number of rotatable bonds is 8. The molecule has 0 bridgehead atoms. The van der Waals surface area contributed by atoms with Gasteiger partial charge < -0.3 is 29.1 Å². The highest BCUT2D eigenvalue weighted by molar-refractivity contribution is 6.05. The summed E-state index contributed by atoms with van der Waals surface area (Å²) in [6, 6.07) is 6.31. The van der Waals surface area contributed by atoms with Gasteiger partial charge in [0.05, 0.1) is 19.6 Å². The molecule has 216 valence electrons. The first-order valence-corrected chi connectivity index (χ1v) is 14.5. The van der Waals surface area contributed by atoms with Gasteiger partial charge in [0.1, 0.15) is 28.9 Å². The van der Waals surface area contributed by atoms with E-state index in [-0.39, 0.29) is 18.4 Å². The number of carbonyl (C=O) groups is 3. The van der Waals surface area contributed by atoms with E-state index in [9.17, 15) is 19.5 Å². The Bertz CT molecular complexity index is 1160. The van der Waals surface area contributed by atoms with E-state index in [1.165, 1.54) is 0 Å². The van der Waals surface area contributed by atoms with Crippen molar-refractivity contribution in [3.63, 3.8) is 0 Å². The second kappa shape index (κ2) is 11.7. The predicted octanol–water partition coefficient (Wildman–Crippen LogP) is 3.40. The summed E-state index contributed by atoms with van der Waals surface area (Å²) in [6.45, 7) is 2.95. The minimum absolute atomic E-state index is 0.0687. The van der Waals surface area contributed by atoms with Crippen LogP contribution >= 0.6 is 0 Å². The maximum absolute atomic E-state index is 14.5. The summed E-state index contributed by atoms with van der Waals surface area (Å²) in [4.78, 5) is 45.8. The third kappa shape index (κ3) is 4.73. The van der Waals surface area contributed by atoms with Crippen molar-refractivity contribution >= 4 is 23.5 Å². The van der Waals surface area contributed by atoms with Gasteiger partial charge >= 0.3 is 5.97 Å². The quantitative estimate of drug-likeness (QED) is 0.299. The summed E-state index contributed by atoms with van der Waals surface area (Å²) in [5, 5.41) is 9.27. The van der Waals surface area contributed by atoms with Crippen LogP contribution < -0.4 is 9.64 Å². The van der Waals surface area contributed by atoms with E-state index in [1.54, 1.807) is 29.0 Å². The second-order valence-electron chi connectivity index (χ2n) is 11.1. The van der Waals surface area contributed by atoms with Crippen molar-refractivity contribution in [3.05, 3.63) is 48.6 Å². The zero-order chi connectivity index (χ0) is 28.3. The first-order chi connectivity index (χ1) is 19.4. The number of carbonyl (C=O) groups excluding carboxylic acids is 3. The zero-order valence-electron chi connectivity index (χ0n) is 23.4. The van der Waals surface area contributed by atoms with Crippen molar-refractivity contribution in [1.82, 2.24) is 4.90 Å². The number of esters is 1. The van der Waals surface area contributed by atoms with Gasteiger partial charge in [0.25, 0.3) is 5.91 Å². The van der Waals surface area contributed by atoms with E-state index in [0.29, 0.717) is 56.8 Å². The molecule has 2 saturated heterocycles. The molecule has 1 spiro atoms. The molecule has 9 heteroatoms. The Labute approximate surface area is 235 Å². The lowest BCUT2D eigenvalue weighted by molar-refractivity contribution is -0.160. The Morgan fingerprint density at radius 3 is 2.52 bits per heavy atom. The van der Waals surface area contributed by atoms with E-state index in [1.807, 2.05) is 43.4 Å². The summed E-state index contributed by atoms with van der Waals surface area (Å²) >= 11 is 0. The van der Waals surface area contributed by atoms with Crippen LogP contribution in [0.5, 0.6) is 5.75 Å². The number of fused-ring (bicyclic) bond motifs is 2. The van der Waals surface area contributed by atoms with Gasteiger partial charge in [-0.25, -0.2) is 0 Å². The average Bonchev–Trinajstić information content (AvgIpc) is 3.32. The number of aliphatic hydroxyl groups excluding tert-OH is 1. The number of cyclic esters (lactones) is 1. The SMILES string of the molecule is CC[C@@]12/C=C\CCCCOC(=O)[C@@H]1[C@H]1C(=O)N(CCCCCO)C3C(=O)N(c4ccc(OC)cc4)CC=C[C@@]31O2.